The van der Waals surface area contributed by atoms with Gasteiger partial charge in [0.2, 0.25) is 0 Å². The highest BCUT2D eigenvalue weighted by Gasteiger charge is 2.31. The fraction of sp³-hybridized carbons (Fsp3) is 0.400. The SMILES string of the molecule is O=C(c1ccc2ccccc2n1)N1CCC(c2nc(C3CC3)n[nH]2)CC1. The number of para-hydroxylation sites is 1. The van der Waals surface area contributed by atoms with Crippen LogP contribution in [0.5, 0.6) is 0 Å². The van der Waals surface area contributed by atoms with Crippen LogP contribution in [0.1, 0.15) is 59.7 Å². The monoisotopic (exact) mass is 347 g/mol. The summed E-state index contributed by atoms with van der Waals surface area (Å²) in [6.07, 6.45) is 4.25. The van der Waals surface area contributed by atoms with E-state index in [1.165, 1.54) is 12.8 Å². The summed E-state index contributed by atoms with van der Waals surface area (Å²) in [5.74, 6) is 2.91. The van der Waals surface area contributed by atoms with E-state index in [1.54, 1.807) is 0 Å². The topological polar surface area (TPSA) is 74.8 Å². The zero-order valence-corrected chi connectivity index (χ0v) is 14.6. The minimum Gasteiger partial charge on any atom is -0.337 e. The molecule has 1 aliphatic carbocycles. The highest BCUT2D eigenvalue weighted by atomic mass is 16.2. The molecule has 1 saturated heterocycles. The van der Waals surface area contributed by atoms with Crippen molar-refractivity contribution in [1.29, 1.82) is 0 Å². The number of likely N-dealkylation sites (tertiary alicyclic amines) is 1. The third kappa shape index (κ3) is 2.85. The summed E-state index contributed by atoms with van der Waals surface area (Å²) in [4.78, 5) is 23.9. The number of H-pyrrole nitrogens is 1. The molecule has 1 saturated carbocycles. The Morgan fingerprint density at radius 3 is 2.58 bits per heavy atom. The number of rotatable bonds is 3. The number of benzene rings is 1. The van der Waals surface area contributed by atoms with Gasteiger partial charge in [-0.2, -0.15) is 5.10 Å². The Bertz CT molecular complexity index is 953. The van der Waals surface area contributed by atoms with E-state index in [1.807, 2.05) is 41.3 Å². The number of hydrogen-bond acceptors (Lipinski definition) is 4. The van der Waals surface area contributed by atoms with E-state index in [9.17, 15) is 4.79 Å². The first-order chi connectivity index (χ1) is 12.8. The van der Waals surface area contributed by atoms with Crippen LogP contribution in [-0.2, 0) is 0 Å². The van der Waals surface area contributed by atoms with Gasteiger partial charge in [-0.3, -0.25) is 9.89 Å². The molecule has 3 heterocycles. The maximum absolute atomic E-state index is 12.8. The van der Waals surface area contributed by atoms with E-state index in [2.05, 4.69) is 20.2 Å². The molecule has 2 aromatic heterocycles. The maximum atomic E-state index is 12.8. The Morgan fingerprint density at radius 2 is 1.77 bits per heavy atom. The highest BCUT2D eigenvalue weighted by molar-refractivity contribution is 5.95. The second-order valence-corrected chi connectivity index (χ2v) is 7.31. The molecule has 1 aliphatic heterocycles. The summed E-state index contributed by atoms with van der Waals surface area (Å²) < 4.78 is 0. The first-order valence-corrected chi connectivity index (χ1v) is 9.35. The Hall–Kier alpha value is -2.76. The van der Waals surface area contributed by atoms with E-state index >= 15 is 0 Å². The standard InChI is InChI=1S/C20H21N5O/c26-20(17-8-7-13-3-1-2-4-16(13)21-17)25-11-9-15(10-12-25)19-22-18(23-24-19)14-5-6-14/h1-4,7-8,14-15H,5-6,9-12H2,(H,22,23,24). The molecule has 6 nitrogen and oxygen atoms in total. The maximum Gasteiger partial charge on any atom is 0.272 e. The van der Waals surface area contributed by atoms with Gasteiger partial charge in [-0.15, -0.1) is 0 Å². The third-order valence-electron chi connectivity index (χ3n) is 5.45. The number of carbonyl (C=O) groups is 1. The van der Waals surface area contributed by atoms with Crippen molar-refractivity contribution in [3.05, 3.63) is 53.7 Å². The lowest BCUT2D eigenvalue weighted by Gasteiger charge is -2.30. The summed E-state index contributed by atoms with van der Waals surface area (Å²) in [6.45, 7) is 1.47. The van der Waals surface area contributed by atoms with Crippen LogP contribution in [0.15, 0.2) is 36.4 Å². The lowest BCUT2D eigenvalue weighted by atomic mass is 9.96. The van der Waals surface area contributed by atoms with Gasteiger partial charge in [0.25, 0.3) is 5.91 Å². The van der Waals surface area contributed by atoms with E-state index in [4.69, 9.17) is 0 Å². The molecule has 26 heavy (non-hydrogen) atoms. The second kappa shape index (κ2) is 6.20. The van der Waals surface area contributed by atoms with Gasteiger partial charge in [0.05, 0.1) is 5.52 Å². The van der Waals surface area contributed by atoms with Crippen molar-refractivity contribution in [3.63, 3.8) is 0 Å². The lowest BCUT2D eigenvalue weighted by molar-refractivity contribution is 0.0705. The Kier molecular flexibility index (Phi) is 3.69. The van der Waals surface area contributed by atoms with E-state index in [0.29, 0.717) is 17.5 Å². The zero-order valence-electron chi connectivity index (χ0n) is 14.6. The number of hydrogen-bond donors (Lipinski definition) is 1. The van der Waals surface area contributed by atoms with Crippen molar-refractivity contribution >= 4 is 16.8 Å². The van der Waals surface area contributed by atoms with Crippen LogP contribution in [0.3, 0.4) is 0 Å². The van der Waals surface area contributed by atoms with E-state index < -0.39 is 0 Å². The average Bonchev–Trinajstić information content (AvgIpc) is 3.44. The van der Waals surface area contributed by atoms with Crippen LogP contribution in [0.2, 0.25) is 0 Å². The molecule has 132 valence electrons. The first kappa shape index (κ1) is 15.5. The molecule has 2 fully saturated rings. The predicted molar refractivity (Wildman–Crippen MR) is 98.0 cm³/mol. The number of carbonyl (C=O) groups excluding carboxylic acids is 1. The van der Waals surface area contributed by atoms with Crippen LogP contribution in [-0.4, -0.2) is 44.1 Å². The number of piperidine rings is 1. The number of aromatic amines is 1. The number of amides is 1. The summed E-state index contributed by atoms with van der Waals surface area (Å²) in [5.41, 5.74) is 1.39. The molecular weight excluding hydrogens is 326 g/mol. The fourth-order valence-electron chi connectivity index (χ4n) is 3.70. The number of pyridine rings is 1. The molecule has 6 heteroatoms. The predicted octanol–water partition coefficient (Wildman–Crippen LogP) is 3.25. The smallest absolute Gasteiger partial charge is 0.272 e. The molecule has 0 bridgehead atoms. The van der Waals surface area contributed by atoms with Crippen LogP contribution < -0.4 is 0 Å². The van der Waals surface area contributed by atoms with Gasteiger partial charge < -0.3 is 4.90 Å². The first-order valence-electron chi connectivity index (χ1n) is 9.35. The van der Waals surface area contributed by atoms with Crippen LogP contribution in [0.25, 0.3) is 10.9 Å². The number of nitrogens with zero attached hydrogens (tertiary/aromatic N) is 4. The fourth-order valence-corrected chi connectivity index (χ4v) is 3.70. The minimum atomic E-state index is 0.0189. The molecule has 0 atom stereocenters. The highest BCUT2D eigenvalue weighted by Crippen LogP contribution is 2.38. The molecule has 0 radical (unpaired) electrons. The van der Waals surface area contributed by atoms with Crippen molar-refractivity contribution < 1.29 is 4.79 Å². The third-order valence-corrected chi connectivity index (χ3v) is 5.45. The van der Waals surface area contributed by atoms with Crippen molar-refractivity contribution in [2.45, 2.75) is 37.5 Å². The van der Waals surface area contributed by atoms with Gasteiger partial charge >= 0.3 is 0 Å². The quantitative estimate of drug-likeness (QED) is 0.789. The molecular formula is C20H21N5O. The van der Waals surface area contributed by atoms with E-state index in [-0.39, 0.29) is 5.91 Å². The van der Waals surface area contributed by atoms with Crippen LogP contribution in [0.4, 0.5) is 0 Å². The molecule has 3 aromatic rings. The molecule has 0 spiro atoms. The van der Waals surface area contributed by atoms with E-state index in [0.717, 1.165) is 48.5 Å². The van der Waals surface area contributed by atoms with Gasteiger partial charge in [-0.25, -0.2) is 9.97 Å². The molecule has 5 rings (SSSR count). The van der Waals surface area contributed by atoms with Crippen LogP contribution in [0, 0.1) is 0 Å². The van der Waals surface area contributed by atoms with Gasteiger partial charge in [0.1, 0.15) is 11.5 Å². The normalized spacial score (nSPS) is 18.4. The number of aromatic nitrogens is 4. The van der Waals surface area contributed by atoms with Gasteiger partial charge in [-0.1, -0.05) is 24.3 Å². The number of fused-ring (bicyclic) bond motifs is 1. The van der Waals surface area contributed by atoms with Gasteiger partial charge in [0.15, 0.2) is 5.82 Å². The van der Waals surface area contributed by atoms with Crippen molar-refractivity contribution in [1.82, 2.24) is 25.1 Å². The molecule has 0 unspecified atom stereocenters. The average molecular weight is 347 g/mol. The molecule has 1 N–H and O–H groups in total. The summed E-state index contributed by atoms with van der Waals surface area (Å²) in [6, 6.07) is 11.7. The summed E-state index contributed by atoms with van der Waals surface area (Å²) in [5, 5.41) is 8.53. The van der Waals surface area contributed by atoms with Crippen molar-refractivity contribution in [2.75, 3.05) is 13.1 Å². The Labute approximate surface area is 151 Å². The van der Waals surface area contributed by atoms with Gasteiger partial charge in [0, 0.05) is 30.3 Å². The number of nitrogens with one attached hydrogen (secondary N) is 1. The molecule has 2 aliphatic rings. The largest absolute Gasteiger partial charge is 0.337 e. The Balaban J connectivity index is 1.27. The molecule has 1 aromatic carbocycles. The van der Waals surface area contributed by atoms with Gasteiger partial charge in [-0.05, 0) is 37.8 Å². The lowest BCUT2D eigenvalue weighted by Crippen LogP contribution is -2.38. The van der Waals surface area contributed by atoms with Crippen LogP contribution >= 0.6 is 0 Å². The van der Waals surface area contributed by atoms with Crippen molar-refractivity contribution in [2.24, 2.45) is 0 Å². The Morgan fingerprint density at radius 1 is 0.962 bits per heavy atom. The second-order valence-electron chi connectivity index (χ2n) is 7.31. The van der Waals surface area contributed by atoms with Crippen molar-refractivity contribution in [3.8, 4) is 0 Å². The summed E-state index contributed by atoms with van der Waals surface area (Å²) >= 11 is 0. The minimum absolute atomic E-state index is 0.0189. The zero-order chi connectivity index (χ0) is 17.5. The molecule has 1 amide bonds. The summed E-state index contributed by atoms with van der Waals surface area (Å²) in [7, 11) is 0.